The highest BCUT2D eigenvalue weighted by atomic mass is 32.2. The second kappa shape index (κ2) is 9.81. The second-order valence-electron chi connectivity index (χ2n) is 8.32. The van der Waals surface area contributed by atoms with Crippen LogP contribution in [0.3, 0.4) is 0 Å². The smallest absolute Gasteiger partial charge is 0.241 e. The molecule has 0 spiro atoms. The van der Waals surface area contributed by atoms with E-state index in [4.69, 9.17) is 9.47 Å². The zero-order valence-electron chi connectivity index (χ0n) is 19.7. The van der Waals surface area contributed by atoms with Crippen LogP contribution >= 0.6 is 11.8 Å². The predicted octanol–water partition coefficient (Wildman–Crippen LogP) is 4.80. The Morgan fingerprint density at radius 3 is 2.00 bits per heavy atom. The summed E-state index contributed by atoms with van der Waals surface area (Å²) in [4.78, 5) is 31.7. The molecule has 1 fully saturated rings. The van der Waals surface area contributed by atoms with Crippen molar-refractivity contribution < 1.29 is 19.1 Å². The lowest BCUT2D eigenvalue weighted by atomic mass is 9.91. The lowest BCUT2D eigenvalue weighted by Gasteiger charge is -2.38. The van der Waals surface area contributed by atoms with E-state index in [0.717, 1.165) is 21.9 Å². The number of para-hydroxylation sites is 1. The van der Waals surface area contributed by atoms with Gasteiger partial charge in [0, 0.05) is 24.7 Å². The first-order valence-electron chi connectivity index (χ1n) is 11.0. The third-order valence-electron chi connectivity index (χ3n) is 5.98. The van der Waals surface area contributed by atoms with E-state index in [2.05, 4.69) is 0 Å². The summed E-state index contributed by atoms with van der Waals surface area (Å²) < 4.78 is 9.57. The zero-order chi connectivity index (χ0) is 24.3. The molecular weight excluding hydrogens is 448 g/mol. The second-order valence-corrected chi connectivity index (χ2v) is 9.72. The van der Waals surface area contributed by atoms with Crippen LogP contribution in [0.1, 0.15) is 18.0 Å². The number of ether oxygens (including phenoxy) is 2. The Balaban J connectivity index is 1.90. The maximum Gasteiger partial charge on any atom is 0.241 e. The molecule has 4 rings (SSSR count). The lowest BCUT2D eigenvalue weighted by molar-refractivity contribution is -0.132. The van der Waals surface area contributed by atoms with E-state index in [1.807, 2.05) is 78.9 Å². The minimum absolute atomic E-state index is 0.0757. The topological polar surface area (TPSA) is 59.1 Å². The van der Waals surface area contributed by atoms with Gasteiger partial charge in [0.2, 0.25) is 11.8 Å². The SMILES string of the molecule is COc1ccc(S[C@]2(C(=O)N(C)C)CC(=O)N(c3ccccc3)[C@@H]2c2ccc(OC)cc2)cc1. The fourth-order valence-electron chi connectivity index (χ4n) is 4.41. The summed E-state index contributed by atoms with van der Waals surface area (Å²) in [6, 6.07) is 24.2. The molecule has 7 heteroatoms. The van der Waals surface area contributed by atoms with E-state index in [1.54, 1.807) is 38.1 Å². The van der Waals surface area contributed by atoms with Crippen molar-refractivity contribution in [3.05, 3.63) is 84.4 Å². The van der Waals surface area contributed by atoms with Crippen LogP contribution in [0.25, 0.3) is 0 Å². The summed E-state index contributed by atoms with van der Waals surface area (Å²) in [6.45, 7) is 0. The number of hydrogen-bond acceptors (Lipinski definition) is 5. The van der Waals surface area contributed by atoms with E-state index in [-0.39, 0.29) is 18.2 Å². The van der Waals surface area contributed by atoms with Crippen molar-refractivity contribution in [3.63, 3.8) is 0 Å². The van der Waals surface area contributed by atoms with Gasteiger partial charge in [0.15, 0.2) is 0 Å². The average molecular weight is 477 g/mol. The monoisotopic (exact) mass is 476 g/mol. The van der Waals surface area contributed by atoms with Crippen LogP contribution in [0, 0.1) is 0 Å². The van der Waals surface area contributed by atoms with Gasteiger partial charge in [0.05, 0.1) is 26.7 Å². The van der Waals surface area contributed by atoms with Gasteiger partial charge in [-0.15, -0.1) is 11.8 Å². The summed E-state index contributed by atoms with van der Waals surface area (Å²) in [5.74, 6) is 1.24. The van der Waals surface area contributed by atoms with Crippen molar-refractivity contribution >= 4 is 29.3 Å². The van der Waals surface area contributed by atoms with Gasteiger partial charge >= 0.3 is 0 Å². The average Bonchev–Trinajstić information content (AvgIpc) is 3.16. The van der Waals surface area contributed by atoms with Gasteiger partial charge in [0.1, 0.15) is 16.2 Å². The quantitative estimate of drug-likeness (QED) is 0.490. The number of hydrogen-bond donors (Lipinski definition) is 0. The van der Waals surface area contributed by atoms with E-state index in [1.165, 1.54) is 11.8 Å². The maximum atomic E-state index is 13.9. The van der Waals surface area contributed by atoms with E-state index >= 15 is 0 Å². The first kappa shape index (κ1) is 23.7. The highest BCUT2D eigenvalue weighted by Crippen LogP contribution is 2.54. The number of amides is 2. The van der Waals surface area contributed by atoms with Crippen LogP contribution in [-0.4, -0.2) is 49.8 Å². The van der Waals surface area contributed by atoms with Crippen molar-refractivity contribution in [1.82, 2.24) is 4.90 Å². The molecule has 0 unspecified atom stereocenters. The number of rotatable bonds is 7. The van der Waals surface area contributed by atoms with Crippen molar-refractivity contribution in [2.24, 2.45) is 0 Å². The molecule has 1 heterocycles. The number of carbonyl (C=O) groups excluding carboxylic acids is 2. The number of carbonyl (C=O) groups is 2. The van der Waals surface area contributed by atoms with Crippen LogP contribution in [0.15, 0.2) is 83.8 Å². The Morgan fingerprint density at radius 2 is 1.47 bits per heavy atom. The van der Waals surface area contributed by atoms with Gasteiger partial charge < -0.3 is 19.3 Å². The van der Waals surface area contributed by atoms with Crippen LogP contribution in [0.2, 0.25) is 0 Å². The first-order valence-corrected chi connectivity index (χ1v) is 11.8. The molecule has 0 aromatic heterocycles. The molecule has 0 aliphatic carbocycles. The number of nitrogens with zero attached hydrogens (tertiary/aromatic N) is 2. The van der Waals surface area contributed by atoms with E-state index < -0.39 is 10.8 Å². The Kier molecular flexibility index (Phi) is 6.84. The molecule has 1 aliphatic heterocycles. The van der Waals surface area contributed by atoms with Crippen LogP contribution in [0.5, 0.6) is 11.5 Å². The molecule has 0 N–H and O–H groups in total. The number of thioether (sulfide) groups is 1. The Morgan fingerprint density at radius 1 is 0.912 bits per heavy atom. The molecule has 1 aliphatic rings. The summed E-state index contributed by atoms with van der Waals surface area (Å²) in [5.41, 5.74) is 1.63. The molecule has 6 nitrogen and oxygen atoms in total. The highest BCUT2D eigenvalue weighted by Gasteiger charge is 2.59. The molecule has 176 valence electrons. The van der Waals surface area contributed by atoms with Crippen molar-refractivity contribution in [2.75, 3.05) is 33.2 Å². The van der Waals surface area contributed by atoms with Gasteiger partial charge in [-0.3, -0.25) is 9.59 Å². The van der Waals surface area contributed by atoms with Crippen molar-refractivity contribution in [2.45, 2.75) is 22.1 Å². The van der Waals surface area contributed by atoms with Gasteiger partial charge in [-0.1, -0.05) is 30.3 Å². The van der Waals surface area contributed by atoms with Gasteiger partial charge in [0.25, 0.3) is 0 Å². The summed E-state index contributed by atoms with van der Waals surface area (Å²) in [6.07, 6.45) is 0.0757. The minimum atomic E-state index is -1.07. The van der Waals surface area contributed by atoms with Gasteiger partial charge in [-0.05, 0) is 54.1 Å². The highest BCUT2D eigenvalue weighted by molar-refractivity contribution is 8.01. The van der Waals surface area contributed by atoms with E-state index in [9.17, 15) is 9.59 Å². The minimum Gasteiger partial charge on any atom is -0.497 e. The van der Waals surface area contributed by atoms with Crippen LogP contribution in [0.4, 0.5) is 5.69 Å². The van der Waals surface area contributed by atoms with Gasteiger partial charge in [-0.25, -0.2) is 0 Å². The maximum absolute atomic E-state index is 13.9. The first-order chi connectivity index (χ1) is 16.4. The van der Waals surface area contributed by atoms with Crippen LogP contribution < -0.4 is 14.4 Å². The fraction of sp³-hybridized carbons (Fsp3) is 0.259. The predicted molar refractivity (Wildman–Crippen MR) is 135 cm³/mol. The lowest BCUT2D eigenvalue weighted by Crippen LogP contribution is -2.47. The Hall–Kier alpha value is -3.45. The Labute approximate surface area is 204 Å². The third-order valence-corrected chi connectivity index (χ3v) is 7.39. The van der Waals surface area contributed by atoms with Crippen LogP contribution in [-0.2, 0) is 9.59 Å². The fourth-order valence-corrected chi connectivity index (χ4v) is 5.92. The molecule has 2 atom stereocenters. The van der Waals surface area contributed by atoms with E-state index in [0.29, 0.717) is 5.75 Å². The summed E-state index contributed by atoms with van der Waals surface area (Å²) >= 11 is 1.43. The molecule has 0 saturated carbocycles. The van der Waals surface area contributed by atoms with Crippen molar-refractivity contribution in [1.29, 1.82) is 0 Å². The molecule has 1 saturated heterocycles. The largest absolute Gasteiger partial charge is 0.497 e. The molecular formula is C27H28N2O4S. The summed E-state index contributed by atoms with van der Waals surface area (Å²) in [5, 5.41) is 0. The molecule has 3 aromatic carbocycles. The summed E-state index contributed by atoms with van der Waals surface area (Å²) in [7, 11) is 6.70. The van der Waals surface area contributed by atoms with Crippen molar-refractivity contribution in [3.8, 4) is 11.5 Å². The number of methoxy groups -OCH3 is 2. The molecule has 0 radical (unpaired) electrons. The molecule has 34 heavy (non-hydrogen) atoms. The van der Waals surface area contributed by atoms with Gasteiger partial charge in [-0.2, -0.15) is 0 Å². The third kappa shape index (κ3) is 4.35. The standard InChI is InChI=1S/C27H28N2O4S/c1-28(2)26(31)27(34-23-16-14-22(33-4)15-17-23)18-24(30)29(20-8-6-5-7-9-20)25(27)19-10-12-21(32-3)13-11-19/h5-17,25H,18H2,1-4H3/t25-,27-/m1/s1. The zero-order valence-corrected chi connectivity index (χ0v) is 20.5. The normalized spacial score (nSPS) is 19.7. The number of anilines is 1. The molecule has 0 bridgehead atoms. The Bertz CT molecular complexity index is 1150. The molecule has 3 aromatic rings. The number of benzene rings is 3. The molecule has 2 amide bonds.